The molecule has 0 aliphatic carbocycles. The molecule has 19 heavy (non-hydrogen) atoms. The second kappa shape index (κ2) is 8.97. The minimum Gasteiger partial charge on any atom is -0.480 e. The van der Waals surface area contributed by atoms with Crippen LogP contribution in [0.25, 0.3) is 0 Å². The molecule has 0 spiro atoms. The second-order valence-electron chi connectivity index (χ2n) is 4.51. The van der Waals surface area contributed by atoms with E-state index in [0.29, 0.717) is 6.54 Å². The number of nitriles is 1. The molecule has 0 rings (SSSR count). The van der Waals surface area contributed by atoms with E-state index in [0.717, 1.165) is 12.8 Å². The van der Waals surface area contributed by atoms with Gasteiger partial charge in [0.1, 0.15) is 17.7 Å². The molecule has 0 aliphatic rings. The summed E-state index contributed by atoms with van der Waals surface area (Å²) in [5, 5.41) is 23.0. The minimum atomic E-state index is -1.02. The zero-order chi connectivity index (χ0) is 14.8. The fraction of sp³-hybridized carbons (Fsp3) is 0.615. The Hall–Kier alpha value is -2.03. The molecular formula is C13H21N3O3. The summed E-state index contributed by atoms with van der Waals surface area (Å²) < 4.78 is 0. The molecule has 0 radical (unpaired) electrons. The normalized spacial score (nSPS) is 12.7. The number of hydrogen-bond donors (Lipinski definition) is 3. The van der Waals surface area contributed by atoms with Gasteiger partial charge in [-0.1, -0.05) is 27.2 Å². The monoisotopic (exact) mass is 267 g/mol. The molecule has 6 heteroatoms. The van der Waals surface area contributed by atoms with Crippen LogP contribution in [0.5, 0.6) is 0 Å². The quantitative estimate of drug-likeness (QED) is 0.346. The lowest BCUT2D eigenvalue weighted by molar-refractivity contribution is -0.140. The number of aliphatic carboxylic acids is 1. The second-order valence-corrected chi connectivity index (χ2v) is 4.51. The largest absolute Gasteiger partial charge is 0.480 e. The lowest BCUT2D eigenvalue weighted by atomic mass is 10.1. The van der Waals surface area contributed by atoms with Gasteiger partial charge in [0.25, 0.3) is 5.91 Å². The van der Waals surface area contributed by atoms with Gasteiger partial charge in [0.15, 0.2) is 0 Å². The number of carboxylic acid groups (broad SMARTS) is 1. The molecule has 1 atom stereocenters. The van der Waals surface area contributed by atoms with Crippen LogP contribution in [0.4, 0.5) is 0 Å². The lowest BCUT2D eigenvalue weighted by Gasteiger charge is -2.16. The molecule has 0 aromatic heterocycles. The maximum absolute atomic E-state index is 11.6. The number of carbonyl (C=O) groups is 2. The smallest absolute Gasteiger partial charge is 0.326 e. The molecular weight excluding hydrogens is 246 g/mol. The van der Waals surface area contributed by atoms with Gasteiger partial charge in [0.2, 0.25) is 0 Å². The molecule has 0 fully saturated rings. The number of rotatable bonds is 8. The van der Waals surface area contributed by atoms with E-state index in [9.17, 15) is 9.59 Å². The van der Waals surface area contributed by atoms with Crippen molar-refractivity contribution in [2.45, 2.75) is 39.7 Å². The third-order valence-corrected chi connectivity index (χ3v) is 2.52. The molecule has 3 N–H and O–H groups in total. The molecule has 6 nitrogen and oxygen atoms in total. The van der Waals surface area contributed by atoms with Crippen molar-refractivity contribution >= 4 is 11.9 Å². The molecule has 0 heterocycles. The molecule has 0 aromatic rings. The maximum Gasteiger partial charge on any atom is 0.326 e. The topological polar surface area (TPSA) is 102 Å². The summed E-state index contributed by atoms with van der Waals surface area (Å²) in [6.45, 7) is 5.98. The number of carboxylic acids is 1. The summed E-state index contributed by atoms with van der Waals surface area (Å²) in [5.74, 6) is -1.66. The number of carbonyl (C=O) groups excluding carboxylic acids is 1. The van der Waals surface area contributed by atoms with Crippen molar-refractivity contribution in [2.24, 2.45) is 5.92 Å². The maximum atomic E-state index is 11.6. The number of nitrogens with one attached hydrogen (secondary N) is 2. The molecule has 106 valence electrons. The third-order valence-electron chi connectivity index (χ3n) is 2.52. The molecule has 0 saturated heterocycles. The average molecular weight is 267 g/mol. The van der Waals surface area contributed by atoms with E-state index in [2.05, 4.69) is 10.6 Å². The van der Waals surface area contributed by atoms with E-state index in [1.54, 1.807) is 19.9 Å². The van der Waals surface area contributed by atoms with Gasteiger partial charge in [-0.2, -0.15) is 5.26 Å². The first kappa shape index (κ1) is 17.0. The van der Waals surface area contributed by atoms with Crippen molar-refractivity contribution in [3.63, 3.8) is 0 Å². The number of hydrogen-bond acceptors (Lipinski definition) is 4. The molecule has 0 aliphatic heterocycles. The fourth-order valence-electron chi connectivity index (χ4n) is 1.34. The van der Waals surface area contributed by atoms with E-state index in [-0.39, 0.29) is 11.5 Å². The Bertz CT molecular complexity index is 383. The van der Waals surface area contributed by atoms with E-state index in [1.165, 1.54) is 6.20 Å². The van der Waals surface area contributed by atoms with Crippen LogP contribution in [0.1, 0.15) is 33.6 Å². The first-order valence-corrected chi connectivity index (χ1v) is 6.31. The first-order chi connectivity index (χ1) is 8.93. The van der Waals surface area contributed by atoms with Crippen molar-refractivity contribution in [1.29, 1.82) is 5.26 Å². The van der Waals surface area contributed by atoms with Crippen LogP contribution < -0.4 is 10.6 Å². The molecule has 0 aromatic carbocycles. The molecule has 0 saturated carbocycles. The highest BCUT2D eigenvalue weighted by Gasteiger charge is 2.20. The van der Waals surface area contributed by atoms with Gasteiger partial charge in [-0.3, -0.25) is 4.79 Å². The molecule has 0 bridgehead atoms. The van der Waals surface area contributed by atoms with E-state index in [1.807, 2.05) is 6.92 Å². The zero-order valence-electron chi connectivity index (χ0n) is 11.6. The average Bonchev–Trinajstić information content (AvgIpc) is 2.33. The van der Waals surface area contributed by atoms with Crippen LogP contribution >= 0.6 is 0 Å². The van der Waals surface area contributed by atoms with E-state index >= 15 is 0 Å². The highest BCUT2D eigenvalue weighted by Crippen LogP contribution is 2.02. The summed E-state index contributed by atoms with van der Waals surface area (Å²) in [6, 6.07) is 0.929. The number of unbranched alkanes of at least 4 members (excludes halogenated alkanes) is 1. The van der Waals surface area contributed by atoms with E-state index in [4.69, 9.17) is 10.4 Å². The lowest BCUT2D eigenvalue weighted by Crippen LogP contribution is -2.38. The van der Waals surface area contributed by atoms with Gasteiger partial charge in [0, 0.05) is 12.7 Å². The highest BCUT2D eigenvalue weighted by atomic mass is 16.4. The van der Waals surface area contributed by atoms with Gasteiger partial charge in [-0.25, -0.2) is 4.79 Å². The first-order valence-electron chi connectivity index (χ1n) is 6.31. The van der Waals surface area contributed by atoms with Crippen molar-refractivity contribution in [3.05, 3.63) is 11.8 Å². The summed E-state index contributed by atoms with van der Waals surface area (Å²) in [7, 11) is 0. The van der Waals surface area contributed by atoms with E-state index < -0.39 is 17.9 Å². The Morgan fingerprint density at radius 1 is 1.42 bits per heavy atom. The predicted octanol–water partition coefficient (Wildman–Crippen LogP) is 1.01. The van der Waals surface area contributed by atoms with Gasteiger partial charge in [-0.15, -0.1) is 0 Å². The van der Waals surface area contributed by atoms with Gasteiger partial charge in [0.05, 0.1) is 0 Å². The summed E-state index contributed by atoms with van der Waals surface area (Å²) >= 11 is 0. The minimum absolute atomic E-state index is 0.122. The predicted molar refractivity (Wildman–Crippen MR) is 71.0 cm³/mol. The van der Waals surface area contributed by atoms with Gasteiger partial charge in [-0.05, 0) is 12.3 Å². The summed E-state index contributed by atoms with van der Waals surface area (Å²) in [5.41, 5.74) is -0.122. The van der Waals surface area contributed by atoms with Crippen LogP contribution in [0, 0.1) is 17.2 Å². The van der Waals surface area contributed by atoms with Crippen molar-refractivity contribution in [2.75, 3.05) is 6.54 Å². The number of amides is 1. The standard InChI is InChI=1S/C13H21N3O3/c1-4-5-6-15-12(17)10(7-14)8-16-11(9(2)3)13(18)19/h8-9,11,16H,4-6H2,1-3H3,(H,15,17)(H,18,19)/b10-8-. The van der Waals surface area contributed by atoms with Crippen LogP contribution in [-0.4, -0.2) is 29.6 Å². The third kappa shape index (κ3) is 6.46. The van der Waals surface area contributed by atoms with Crippen LogP contribution in [0.15, 0.2) is 11.8 Å². The van der Waals surface area contributed by atoms with Crippen LogP contribution in [0.2, 0.25) is 0 Å². The SMILES string of the molecule is CCCCNC(=O)/C(C#N)=C\NC(C(=O)O)C(C)C. The Morgan fingerprint density at radius 3 is 2.47 bits per heavy atom. The van der Waals surface area contributed by atoms with Crippen LogP contribution in [0.3, 0.4) is 0 Å². The Labute approximate surface area is 113 Å². The Morgan fingerprint density at radius 2 is 2.05 bits per heavy atom. The number of nitrogens with zero attached hydrogens (tertiary/aromatic N) is 1. The summed E-state index contributed by atoms with van der Waals surface area (Å²) in [6.07, 6.45) is 2.94. The van der Waals surface area contributed by atoms with Crippen molar-refractivity contribution in [3.8, 4) is 6.07 Å². The fourth-order valence-corrected chi connectivity index (χ4v) is 1.34. The molecule has 1 amide bonds. The van der Waals surface area contributed by atoms with Crippen molar-refractivity contribution in [1.82, 2.24) is 10.6 Å². The van der Waals surface area contributed by atoms with Gasteiger partial charge < -0.3 is 15.7 Å². The summed E-state index contributed by atoms with van der Waals surface area (Å²) in [4.78, 5) is 22.6. The zero-order valence-corrected chi connectivity index (χ0v) is 11.6. The van der Waals surface area contributed by atoms with Crippen LogP contribution in [-0.2, 0) is 9.59 Å². The Kier molecular flexibility index (Phi) is 8.02. The highest BCUT2D eigenvalue weighted by molar-refractivity contribution is 5.97. The molecule has 1 unspecified atom stereocenters. The van der Waals surface area contributed by atoms with Crippen molar-refractivity contribution < 1.29 is 14.7 Å². The van der Waals surface area contributed by atoms with Gasteiger partial charge >= 0.3 is 5.97 Å². The Balaban J connectivity index is 4.59.